The van der Waals surface area contributed by atoms with Crippen LogP contribution < -0.4 is 0 Å². The third-order valence-corrected chi connectivity index (χ3v) is 5.03. The highest BCUT2D eigenvalue weighted by atomic mass is 35.5. The van der Waals surface area contributed by atoms with Crippen molar-refractivity contribution >= 4 is 21.6 Å². The van der Waals surface area contributed by atoms with Gasteiger partial charge in [-0.3, -0.25) is 0 Å². The molecule has 112 valence electrons. The van der Waals surface area contributed by atoms with Crippen LogP contribution in [0.1, 0.15) is 12.5 Å². The number of benzene rings is 1. The van der Waals surface area contributed by atoms with E-state index in [9.17, 15) is 26.7 Å². The fourth-order valence-corrected chi connectivity index (χ4v) is 3.84. The molecular formula is C11H11ClF3NO3S. The summed E-state index contributed by atoms with van der Waals surface area (Å²) >= 11 is 5.44. The predicted octanol–water partition coefficient (Wildman–Crippen LogP) is 2.11. The van der Waals surface area contributed by atoms with E-state index in [1.807, 2.05) is 0 Å². The van der Waals surface area contributed by atoms with E-state index in [0.29, 0.717) is 6.07 Å². The second-order valence-corrected chi connectivity index (χ2v) is 7.25. The molecule has 0 aromatic heterocycles. The first kappa shape index (κ1) is 15.6. The van der Waals surface area contributed by atoms with Gasteiger partial charge in [0.2, 0.25) is 10.0 Å². The number of hydrogen-bond acceptors (Lipinski definition) is 3. The number of rotatable bonds is 2. The van der Waals surface area contributed by atoms with Gasteiger partial charge < -0.3 is 5.11 Å². The summed E-state index contributed by atoms with van der Waals surface area (Å²) in [5.74, 6) is 0. The summed E-state index contributed by atoms with van der Waals surface area (Å²) in [5, 5.41) is 8.95. The van der Waals surface area contributed by atoms with E-state index in [-0.39, 0.29) is 13.1 Å². The lowest BCUT2D eigenvalue weighted by molar-refractivity contribution is -0.137. The van der Waals surface area contributed by atoms with Gasteiger partial charge in [-0.2, -0.15) is 17.5 Å². The number of nitrogens with zero attached hydrogens (tertiary/aromatic N) is 1. The van der Waals surface area contributed by atoms with Gasteiger partial charge >= 0.3 is 6.18 Å². The smallest absolute Gasteiger partial charge is 0.387 e. The highest BCUT2D eigenvalue weighted by molar-refractivity contribution is 7.89. The molecule has 0 unspecified atom stereocenters. The molecule has 1 N–H and O–H groups in total. The molecule has 0 aliphatic carbocycles. The third kappa shape index (κ3) is 2.78. The second kappa shape index (κ2) is 4.59. The lowest BCUT2D eigenvalue weighted by Crippen LogP contribution is -2.61. The largest absolute Gasteiger partial charge is 0.417 e. The molecule has 2 rings (SSSR count). The van der Waals surface area contributed by atoms with Gasteiger partial charge in [0.25, 0.3) is 0 Å². The van der Waals surface area contributed by atoms with Gasteiger partial charge in [-0.25, -0.2) is 8.42 Å². The van der Waals surface area contributed by atoms with Crippen LogP contribution in [0.2, 0.25) is 5.02 Å². The van der Waals surface area contributed by atoms with Gasteiger partial charge in [0, 0.05) is 13.1 Å². The topological polar surface area (TPSA) is 57.6 Å². The summed E-state index contributed by atoms with van der Waals surface area (Å²) in [4.78, 5) is -0.496. The Morgan fingerprint density at radius 2 is 1.90 bits per heavy atom. The van der Waals surface area contributed by atoms with Crippen LogP contribution in [0.4, 0.5) is 13.2 Å². The Kier molecular flexibility index (Phi) is 3.57. The number of halogens is 4. The first-order valence-electron chi connectivity index (χ1n) is 5.53. The maximum absolute atomic E-state index is 12.7. The van der Waals surface area contributed by atoms with Crippen molar-refractivity contribution in [1.82, 2.24) is 4.31 Å². The van der Waals surface area contributed by atoms with Crippen molar-refractivity contribution in [3.05, 3.63) is 28.8 Å². The number of alkyl halides is 3. The average Bonchev–Trinajstić information content (AvgIpc) is 2.24. The van der Waals surface area contributed by atoms with E-state index in [4.69, 9.17) is 11.6 Å². The SMILES string of the molecule is CC1(O)CN(S(=O)(=O)c2ccc(Cl)c(C(F)(F)F)c2)C1. The zero-order chi connectivity index (χ0) is 15.3. The molecule has 1 aliphatic rings. The predicted molar refractivity (Wildman–Crippen MR) is 65.8 cm³/mol. The number of aliphatic hydroxyl groups is 1. The summed E-state index contributed by atoms with van der Waals surface area (Å²) in [6.45, 7) is 1.14. The van der Waals surface area contributed by atoms with Crippen molar-refractivity contribution < 1.29 is 26.7 Å². The molecule has 1 saturated heterocycles. The molecular weight excluding hydrogens is 319 g/mol. The van der Waals surface area contributed by atoms with Crippen molar-refractivity contribution in [1.29, 1.82) is 0 Å². The average molecular weight is 330 g/mol. The van der Waals surface area contributed by atoms with Crippen LogP contribution in [0, 0.1) is 0 Å². The Labute approximate surface area is 118 Å². The van der Waals surface area contributed by atoms with Crippen LogP contribution in [-0.4, -0.2) is 36.5 Å². The van der Waals surface area contributed by atoms with Crippen molar-refractivity contribution in [3.8, 4) is 0 Å². The normalized spacial score (nSPS) is 19.7. The summed E-state index contributed by atoms with van der Waals surface area (Å²) in [7, 11) is -4.06. The van der Waals surface area contributed by atoms with E-state index in [2.05, 4.69) is 0 Å². The maximum Gasteiger partial charge on any atom is 0.417 e. The minimum atomic E-state index is -4.73. The van der Waals surface area contributed by atoms with Crippen LogP contribution in [-0.2, 0) is 16.2 Å². The third-order valence-electron chi connectivity index (χ3n) is 2.91. The summed E-state index contributed by atoms with van der Waals surface area (Å²) < 4.78 is 63.2. The molecule has 0 saturated carbocycles. The van der Waals surface area contributed by atoms with E-state index >= 15 is 0 Å². The fourth-order valence-electron chi connectivity index (χ4n) is 1.91. The molecule has 9 heteroatoms. The molecule has 0 radical (unpaired) electrons. The summed E-state index contributed by atoms with van der Waals surface area (Å²) in [6.07, 6.45) is -4.73. The Bertz CT molecular complexity index is 635. The molecule has 0 atom stereocenters. The Morgan fingerprint density at radius 1 is 1.35 bits per heavy atom. The van der Waals surface area contributed by atoms with Gasteiger partial charge in [-0.05, 0) is 25.1 Å². The lowest BCUT2D eigenvalue weighted by Gasteiger charge is -2.42. The van der Waals surface area contributed by atoms with Crippen molar-refractivity contribution in [3.63, 3.8) is 0 Å². The highest BCUT2D eigenvalue weighted by Crippen LogP contribution is 2.37. The van der Waals surface area contributed by atoms with E-state index in [1.54, 1.807) is 0 Å². The van der Waals surface area contributed by atoms with Gasteiger partial charge in [-0.1, -0.05) is 11.6 Å². The van der Waals surface area contributed by atoms with Crippen LogP contribution in [0.15, 0.2) is 23.1 Å². The molecule has 1 aliphatic heterocycles. The van der Waals surface area contributed by atoms with Crippen LogP contribution >= 0.6 is 11.6 Å². The first-order valence-corrected chi connectivity index (χ1v) is 7.35. The van der Waals surface area contributed by atoms with Crippen LogP contribution in [0.25, 0.3) is 0 Å². The number of hydrogen-bond donors (Lipinski definition) is 1. The minimum absolute atomic E-state index is 0.153. The molecule has 1 aromatic rings. The quantitative estimate of drug-likeness (QED) is 0.904. The standard InChI is InChI=1S/C11H11ClF3NO3S/c1-10(17)5-16(6-10)20(18,19)7-2-3-9(12)8(4-7)11(13,14)15/h2-4,17H,5-6H2,1H3. The molecule has 0 spiro atoms. The van der Waals surface area contributed by atoms with E-state index < -0.39 is 37.3 Å². The molecule has 0 bridgehead atoms. The minimum Gasteiger partial charge on any atom is -0.387 e. The zero-order valence-corrected chi connectivity index (χ0v) is 11.8. The maximum atomic E-state index is 12.7. The first-order chi connectivity index (χ1) is 8.93. The Balaban J connectivity index is 2.39. The van der Waals surface area contributed by atoms with Crippen molar-refractivity contribution in [2.45, 2.75) is 23.6 Å². The second-order valence-electron chi connectivity index (χ2n) is 4.91. The summed E-state index contributed by atoms with van der Waals surface area (Å²) in [6, 6.07) is 2.42. The van der Waals surface area contributed by atoms with Gasteiger partial charge in [0.1, 0.15) is 0 Å². The molecule has 1 fully saturated rings. The zero-order valence-electron chi connectivity index (χ0n) is 10.3. The molecule has 20 heavy (non-hydrogen) atoms. The Hall–Kier alpha value is -0.830. The molecule has 1 heterocycles. The van der Waals surface area contributed by atoms with E-state index in [0.717, 1.165) is 16.4 Å². The fraction of sp³-hybridized carbons (Fsp3) is 0.455. The highest BCUT2D eigenvalue weighted by Gasteiger charge is 2.44. The van der Waals surface area contributed by atoms with Gasteiger partial charge in [-0.15, -0.1) is 0 Å². The number of sulfonamides is 1. The lowest BCUT2D eigenvalue weighted by atomic mass is 10.0. The van der Waals surface area contributed by atoms with E-state index in [1.165, 1.54) is 6.92 Å². The van der Waals surface area contributed by atoms with Gasteiger partial charge in [0.15, 0.2) is 0 Å². The molecule has 1 aromatic carbocycles. The van der Waals surface area contributed by atoms with Crippen molar-refractivity contribution in [2.75, 3.05) is 13.1 Å². The molecule has 0 amide bonds. The molecule has 4 nitrogen and oxygen atoms in total. The Morgan fingerprint density at radius 3 is 2.35 bits per heavy atom. The van der Waals surface area contributed by atoms with Crippen LogP contribution in [0.3, 0.4) is 0 Å². The van der Waals surface area contributed by atoms with Crippen molar-refractivity contribution in [2.24, 2.45) is 0 Å². The van der Waals surface area contributed by atoms with Crippen LogP contribution in [0.5, 0.6) is 0 Å². The number of β-amino-alcohol motifs (C(OH)–C–C–N with tert-alkyl or cyclic N) is 1. The summed E-state index contributed by atoms with van der Waals surface area (Å²) in [5.41, 5.74) is -2.35. The van der Waals surface area contributed by atoms with Gasteiger partial charge in [0.05, 0.1) is 21.1 Å². The monoisotopic (exact) mass is 329 g/mol.